The molecule has 0 aliphatic carbocycles. The van der Waals surface area contributed by atoms with E-state index in [-0.39, 0.29) is 30.0 Å². The Bertz CT molecular complexity index is 1320. The molecule has 1 aromatic heterocycles. The van der Waals surface area contributed by atoms with E-state index in [1.165, 1.54) is 16.7 Å². The summed E-state index contributed by atoms with van der Waals surface area (Å²) in [6.45, 7) is 3.57. The molecule has 34 heavy (non-hydrogen) atoms. The largest absolute Gasteiger partial charge is 0.507 e. The molecule has 9 nitrogen and oxygen atoms in total. The Morgan fingerprint density at radius 1 is 1.03 bits per heavy atom. The first-order chi connectivity index (χ1) is 16.2. The molecule has 0 amide bonds. The maximum atomic E-state index is 12.9. The third-order valence-corrected chi connectivity index (χ3v) is 5.04. The van der Waals surface area contributed by atoms with Gasteiger partial charge in [-0.1, -0.05) is 54.6 Å². The highest BCUT2D eigenvalue weighted by atomic mass is 16.5. The van der Waals surface area contributed by atoms with Crippen LogP contribution in [0.1, 0.15) is 34.1 Å². The predicted molar refractivity (Wildman–Crippen MR) is 123 cm³/mol. The van der Waals surface area contributed by atoms with Gasteiger partial charge in [-0.05, 0) is 19.4 Å². The topological polar surface area (TPSA) is 136 Å². The second-order valence-electron chi connectivity index (χ2n) is 7.27. The summed E-state index contributed by atoms with van der Waals surface area (Å²) in [4.78, 5) is 51.7. The van der Waals surface area contributed by atoms with Crippen LogP contribution in [0.25, 0.3) is 17.0 Å². The van der Waals surface area contributed by atoms with Gasteiger partial charge in [-0.25, -0.2) is 14.4 Å². The maximum Gasteiger partial charge on any atom is 0.376 e. The van der Waals surface area contributed by atoms with Crippen molar-refractivity contribution in [1.29, 1.82) is 0 Å². The standard InChI is InChI=1S/C25H22N2O7/c1-3-34-24(32)21-15(2)27(25(33)26-22(21)18-7-5-4-6-8-18)14-16-9-11-17(12-10-16)19(28)13-20(29)23(30)31/h4-13,28H,3,14H2,1-2H3,(H,30,31)/b19-13-. The van der Waals surface area contributed by atoms with E-state index in [9.17, 15) is 24.3 Å². The van der Waals surface area contributed by atoms with E-state index >= 15 is 0 Å². The monoisotopic (exact) mass is 462 g/mol. The van der Waals surface area contributed by atoms with Gasteiger partial charge in [0.25, 0.3) is 5.78 Å². The lowest BCUT2D eigenvalue weighted by molar-refractivity contribution is -0.146. The lowest BCUT2D eigenvalue weighted by atomic mass is 10.0. The molecule has 0 saturated heterocycles. The van der Waals surface area contributed by atoms with Crippen molar-refractivity contribution in [1.82, 2.24) is 9.55 Å². The number of aliphatic hydroxyl groups is 1. The number of aromatic nitrogens is 2. The third kappa shape index (κ3) is 5.26. The van der Waals surface area contributed by atoms with Gasteiger partial charge in [-0.2, -0.15) is 4.98 Å². The van der Waals surface area contributed by atoms with Gasteiger partial charge >= 0.3 is 17.6 Å². The van der Waals surface area contributed by atoms with Gasteiger partial charge in [-0.15, -0.1) is 0 Å². The zero-order valence-electron chi connectivity index (χ0n) is 18.5. The van der Waals surface area contributed by atoms with Gasteiger partial charge in [0.2, 0.25) is 0 Å². The van der Waals surface area contributed by atoms with Crippen LogP contribution in [0.5, 0.6) is 0 Å². The minimum absolute atomic E-state index is 0.0813. The Kier molecular flexibility index (Phi) is 7.37. The molecule has 0 aliphatic rings. The number of aliphatic hydroxyl groups excluding tert-OH is 1. The van der Waals surface area contributed by atoms with E-state index in [0.29, 0.717) is 22.9 Å². The van der Waals surface area contributed by atoms with Crippen LogP contribution in [0.3, 0.4) is 0 Å². The quantitative estimate of drug-likeness (QED) is 0.226. The number of hydrogen-bond acceptors (Lipinski definition) is 7. The summed E-state index contributed by atoms with van der Waals surface area (Å²) in [5, 5.41) is 18.6. The van der Waals surface area contributed by atoms with E-state index in [2.05, 4.69) is 4.98 Å². The number of nitrogens with zero attached hydrogens (tertiary/aromatic N) is 2. The summed E-state index contributed by atoms with van der Waals surface area (Å²) in [7, 11) is 0. The fraction of sp³-hybridized carbons (Fsp3) is 0.160. The molecule has 1 heterocycles. The molecular formula is C25H22N2O7. The smallest absolute Gasteiger partial charge is 0.376 e. The molecule has 0 unspecified atom stereocenters. The highest BCUT2D eigenvalue weighted by Crippen LogP contribution is 2.24. The minimum Gasteiger partial charge on any atom is -0.507 e. The van der Waals surface area contributed by atoms with Gasteiger partial charge < -0.3 is 14.9 Å². The summed E-state index contributed by atoms with van der Waals surface area (Å²) in [5.74, 6) is -4.01. The lowest BCUT2D eigenvalue weighted by Crippen LogP contribution is -2.29. The fourth-order valence-corrected chi connectivity index (χ4v) is 3.33. The first kappa shape index (κ1) is 24.1. The Balaban J connectivity index is 2.00. The number of hydrogen-bond donors (Lipinski definition) is 2. The minimum atomic E-state index is -1.68. The van der Waals surface area contributed by atoms with Crippen LogP contribution < -0.4 is 5.69 Å². The van der Waals surface area contributed by atoms with E-state index in [4.69, 9.17) is 9.84 Å². The van der Waals surface area contributed by atoms with Crippen molar-refractivity contribution in [3.8, 4) is 11.3 Å². The second-order valence-corrected chi connectivity index (χ2v) is 7.27. The summed E-state index contributed by atoms with van der Waals surface area (Å²) in [6, 6.07) is 15.0. The highest BCUT2D eigenvalue weighted by molar-refractivity contribution is 6.38. The Hall–Kier alpha value is -4.53. The Morgan fingerprint density at radius 3 is 2.26 bits per heavy atom. The molecule has 0 fully saturated rings. The summed E-state index contributed by atoms with van der Waals surface area (Å²) in [6.07, 6.45) is 0.615. The molecule has 0 bridgehead atoms. The molecule has 3 aromatic rings. The molecular weight excluding hydrogens is 440 g/mol. The average molecular weight is 462 g/mol. The second kappa shape index (κ2) is 10.4. The van der Waals surface area contributed by atoms with Crippen LogP contribution in [-0.2, 0) is 20.9 Å². The molecule has 0 spiro atoms. The number of esters is 1. The first-order valence-corrected chi connectivity index (χ1v) is 10.3. The first-order valence-electron chi connectivity index (χ1n) is 10.3. The summed E-state index contributed by atoms with van der Waals surface area (Å²) >= 11 is 0. The molecule has 9 heteroatoms. The number of benzene rings is 2. The van der Waals surface area contributed by atoms with Crippen LogP contribution in [0.2, 0.25) is 0 Å². The van der Waals surface area contributed by atoms with Crippen LogP contribution in [0, 0.1) is 6.92 Å². The van der Waals surface area contributed by atoms with Gasteiger partial charge in [0.05, 0.1) is 18.8 Å². The molecule has 0 aliphatic heterocycles. The number of carbonyl (C=O) groups is 3. The zero-order chi connectivity index (χ0) is 24.8. The molecule has 0 saturated carbocycles. The van der Waals surface area contributed by atoms with Crippen molar-refractivity contribution in [2.75, 3.05) is 6.61 Å². The Labute approximate surface area is 194 Å². The van der Waals surface area contributed by atoms with E-state index < -0.39 is 29.2 Å². The Morgan fingerprint density at radius 2 is 1.68 bits per heavy atom. The van der Waals surface area contributed by atoms with Gasteiger partial charge in [-0.3, -0.25) is 9.36 Å². The number of carboxylic acids is 1. The van der Waals surface area contributed by atoms with Crippen LogP contribution in [0.15, 0.2) is 65.5 Å². The predicted octanol–water partition coefficient (Wildman–Crippen LogP) is 3.00. The van der Waals surface area contributed by atoms with Gasteiger partial charge in [0.15, 0.2) is 0 Å². The number of ketones is 1. The number of carbonyl (C=O) groups excluding carboxylic acids is 2. The molecule has 0 atom stereocenters. The van der Waals surface area contributed by atoms with E-state index in [1.807, 2.05) is 6.07 Å². The van der Waals surface area contributed by atoms with Crippen molar-refractivity contribution in [2.24, 2.45) is 0 Å². The van der Waals surface area contributed by atoms with Crippen molar-refractivity contribution < 1.29 is 29.3 Å². The highest BCUT2D eigenvalue weighted by Gasteiger charge is 2.22. The van der Waals surface area contributed by atoms with Crippen molar-refractivity contribution in [2.45, 2.75) is 20.4 Å². The molecule has 174 valence electrons. The molecule has 2 N–H and O–H groups in total. The van der Waals surface area contributed by atoms with Crippen molar-refractivity contribution >= 4 is 23.5 Å². The average Bonchev–Trinajstić information content (AvgIpc) is 2.82. The van der Waals surface area contributed by atoms with Gasteiger partial charge in [0.1, 0.15) is 11.3 Å². The fourth-order valence-electron chi connectivity index (χ4n) is 3.33. The van der Waals surface area contributed by atoms with Crippen molar-refractivity contribution in [3.63, 3.8) is 0 Å². The zero-order valence-corrected chi connectivity index (χ0v) is 18.5. The van der Waals surface area contributed by atoms with Crippen LogP contribution in [-0.4, -0.2) is 44.1 Å². The van der Waals surface area contributed by atoms with Crippen LogP contribution in [0.4, 0.5) is 0 Å². The van der Waals surface area contributed by atoms with Crippen LogP contribution >= 0.6 is 0 Å². The molecule has 3 rings (SSSR count). The number of aliphatic carboxylic acids is 1. The number of rotatable bonds is 8. The molecule has 2 aromatic carbocycles. The van der Waals surface area contributed by atoms with E-state index in [1.54, 1.807) is 50.2 Å². The number of ether oxygens (including phenoxy) is 1. The summed E-state index contributed by atoms with van der Waals surface area (Å²) in [5.41, 5.74) is 1.76. The maximum absolute atomic E-state index is 12.9. The number of carboxylic acid groups (broad SMARTS) is 1. The third-order valence-electron chi connectivity index (χ3n) is 5.04. The normalized spacial score (nSPS) is 11.2. The SMILES string of the molecule is CCOC(=O)c1c(-c2ccccc2)nc(=O)n(Cc2ccc(/C(O)=C/C(=O)C(=O)O)cc2)c1C. The van der Waals surface area contributed by atoms with E-state index in [0.717, 1.165) is 0 Å². The summed E-state index contributed by atoms with van der Waals surface area (Å²) < 4.78 is 6.55. The van der Waals surface area contributed by atoms with Gasteiger partial charge in [0, 0.05) is 22.9 Å². The lowest BCUT2D eigenvalue weighted by Gasteiger charge is -2.16. The molecule has 0 radical (unpaired) electrons. The van der Waals surface area contributed by atoms with Crippen molar-refractivity contribution in [3.05, 3.63) is 93.5 Å².